The van der Waals surface area contributed by atoms with E-state index in [0.29, 0.717) is 5.69 Å². The Labute approximate surface area is 210 Å². The van der Waals surface area contributed by atoms with Crippen LogP contribution in [0.1, 0.15) is 64.2 Å². The highest BCUT2D eigenvalue weighted by Gasteiger charge is 2.32. The SMILES string of the molecule is Cc1cccc(CN(C(=O)CN(c2ccccc2C(C)C)S(C)(=O)=O)[C@H](C)C(=O)NC(C)(C)C)c1. The normalized spacial score (nSPS) is 12.8. The van der Waals surface area contributed by atoms with Gasteiger partial charge in [-0.25, -0.2) is 8.42 Å². The molecule has 35 heavy (non-hydrogen) atoms. The lowest BCUT2D eigenvalue weighted by Gasteiger charge is -2.33. The van der Waals surface area contributed by atoms with Gasteiger partial charge in [0.25, 0.3) is 0 Å². The van der Waals surface area contributed by atoms with Crippen molar-refractivity contribution in [2.45, 2.75) is 72.5 Å². The summed E-state index contributed by atoms with van der Waals surface area (Å²) in [6.07, 6.45) is 1.10. The summed E-state index contributed by atoms with van der Waals surface area (Å²) in [6.45, 7) is 13.0. The first-order valence-electron chi connectivity index (χ1n) is 11.8. The third kappa shape index (κ3) is 8.09. The van der Waals surface area contributed by atoms with Crippen LogP contribution in [0.2, 0.25) is 0 Å². The average molecular weight is 502 g/mol. The molecule has 0 saturated carbocycles. The molecule has 0 spiro atoms. The summed E-state index contributed by atoms with van der Waals surface area (Å²) in [5.74, 6) is -0.690. The first-order chi connectivity index (χ1) is 16.1. The maximum Gasteiger partial charge on any atom is 0.244 e. The summed E-state index contributed by atoms with van der Waals surface area (Å²) >= 11 is 0. The van der Waals surface area contributed by atoms with E-state index >= 15 is 0 Å². The molecule has 1 atom stereocenters. The number of benzene rings is 2. The molecule has 0 aromatic heterocycles. The topological polar surface area (TPSA) is 86.8 Å². The van der Waals surface area contributed by atoms with E-state index in [4.69, 9.17) is 0 Å². The van der Waals surface area contributed by atoms with Crippen molar-refractivity contribution in [2.24, 2.45) is 0 Å². The molecule has 7 nitrogen and oxygen atoms in total. The van der Waals surface area contributed by atoms with Crippen molar-refractivity contribution in [3.63, 3.8) is 0 Å². The van der Waals surface area contributed by atoms with Gasteiger partial charge >= 0.3 is 0 Å². The molecule has 0 radical (unpaired) electrons. The van der Waals surface area contributed by atoms with Crippen LogP contribution in [0.3, 0.4) is 0 Å². The van der Waals surface area contributed by atoms with Crippen LogP contribution in [0, 0.1) is 6.92 Å². The summed E-state index contributed by atoms with van der Waals surface area (Å²) in [4.78, 5) is 28.2. The molecular weight excluding hydrogens is 462 g/mol. The second kappa shape index (κ2) is 11.2. The zero-order valence-corrected chi connectivity index (χ0v) is 22.9. The van der Waals surface area contributed by atoms with Crippen LogP contribution in [0.5, 0.6) is 0 Å². The molecule has 0 saturated heterocycles. The van der Waals surface area contributed by atoms with Gasteiger partial charge < -0.3 is 10.2 Å². The standard InChI is InChI=1S/C27H39N3O4S/c1-19(2)23-14-9-10-15-24(23)30(35(8,33)34)18-25(31)29(17-22-13-11-12-20(3)16-22)21(4)26(32)28-27(5,6)7/h9-16,19,21H,17-18H2,1-8H3,(H,28,32)/t21-/m1/s1. The number of anilines is 1. The fourth-order valence-electron chi connectivity index (χ4n) is 3.86. The van der Waals surface area contributed by atoms with Gasteiger partial charge in [0.15, 0.2) is 0 Å². The zero-order chi connectivity index (χ0) is 26.6. The Balaban J connectivity index is 2.47. The molecule has 2 rings (SSSR count). The Hall–Kier alpha value is -2.87. The van der Waals surface area contributed by atoms with Gasteiger partial charge in [0.1, 0.15) is 12.6 Å². The van der Waals surface area contributed by atoms with E-state index < -0.39 is 34.1 Å². The van der Waals surface area contributed by atoms with Crippen LogP contribution in [0.4, 0.5) is 5.69 Å². The average Bonchev–Trinajstić information content (AvgIpc) is 2.73. The van der Waals surface area contributed by atoms with E-state index in [9.17, 15) is 18.0 Å². The highest BCUT2D eigenvalue weighted by Crippen LogP contribution is 2.29. The van der Waals surface area contributed by atoms with E-state index in [2.05, 4.69) is 5.32 Å². The number of sulfonamides is 1. The largest absolute Gasteiger partial charge is 0.350 e. The van der Waals surface area contributed by atoms with Crippen molar-refractivity contribution < 1.29 is 18.0 Å². The number of para-hydroxylation sites is 1. The maximum atomic E-state index is 13.7. The van der Waals surface area contributed by atoms with E-state index in [-0.39, 0.29) is 18.4 Å². The van der Waals surface area contributed by atoms with Crippen molar-refractivity contribution in [1.29, 1.82) is 0 Å². The minimum Gasteiger partial charge on any atom is -0.350 e. The lowest BCUT2D eigenvalue weighted by atomic mass is 10.0. The Kier molecular flexibility index (Phi) is 9.11. The van der Waals surface area contributed by atoms with Crippen molar-refractivity contribution >= 4 is 27.5 Å². The molecule has 1 N–H and O–H groups in total. The van der Waals surface area contributed by atoms with E-state index in [1.165, 1.54) is 4.90 Å². The van der Waals surface area contributed by atoms with Gasteiger partial charge in [-0.1, -0.05) is 61.9 Å². The predicted molar refractivity (Wildman–Crippen MR) is 142 cm³/mol. The van der Waals surface area contributed by atoms with Crippen LogP contribution >= 0.6 is 0 Å². The molecule has 0 unspecified atom stereocenters. The van der Waals surface area contributed by atoms with Gasteiger partial charge in [-0.15, -0.1) is 0 Å². The zero-order valence-electron chi connectivity index (χ0n) is 22.1. The number of carbonyl (C=O) groups excluding carboxylic acids is 2. The molecule has 2 aromatic rings. The lowest BCUT2D eigenvalue weighted by molar-refractivity contribution is -0.140. The van der Waals surface area contributed by atoms with Crippen molar-refractivity contribution in [3.8, 4) is 0 Å². The van der Waals surface area contributed by atoms with Gasteiger partial charge in [0.05, 0.1) is 11.9 Å². The minimum atomic E-state index is -3.77. The predicted octanol–water partition coefficient (Wildman–Crippen LogP) is 4.22. The Morgan fingerprint density at radius 2 is 1.63 bits per heavy atom. The number of hydrogen-bond donors (Lipinski definition) is 1. The molecule has 8 heteroatoms. The first kappa shape index (κ1) is 28.4. The molecule has 0 bridgehead atoms. The number of aryl methyl sites for hydroxylation is 1. The summed E-state index contributed by atoms with van der Waals surface area (Å²) in [7, 11) is -3.77. The first-order valence-corrected chi connectivity index (χ1v) is 13.7. The third-order valence-electron chi connectivity index (χ3n) is 5.61. The molecule has 0 fully saturated rings. The Morgan fingerprint density at radius 1 is 1.00 bits per heavy atom. The number of amides is 2. The van der Waals surface area contributed by atoms with E-state index in [1.807, 2.05) is 77.9 Å². The smallest absolute Gasteiger partial charge is 0.244 e. The van der Waals surface area contributed by atoms with Gasteiger partial charge in [-0.05, 0) is 57.7 Å². The number of carbonyl (C=O) groups is 2. The molecular formula is C27H39N3O4S. The lowest BCUT2D eigenvalue weighted by Crippen LogP contribution is -2.54. The quantitative estimate of drug-likeness (QED) is 0.557. The van der Waals surface area contributed by atoms with Crippen molar-refractivity contribution in [1.82, 2.24) is 10.2 Å². The van der Waals surface area contributed by atoms with Crippen molar-refractivity contribution in [2.75, 3.05) is 17.1 Å². The Bertz CT molecular complexity index is 1150. The highest BCUT2D eigenvalue weighted by molar-refractivity contribution is 7.92. The minimum absolute atomic E-state index is 0.0606. The van der Waals surface area contributed by atoms with E-state index in [1.54, 1.807) is 19.1 Å². The molecule has 0 heterocycles. The van der Waals surface area contributed by atoms with Crippen LogP contribution in [-0.4, -0.2) is 49.5 Å². The number of hydrogen-bond acceptors (Lipinski definition) is 4. The molecule has 2 amide bonds. The monoisotopic (exact) mass is 501 g/mol. The number of nitrogens with one attached hydrogen (secondary N) is 1. The van der Waals surface area contributed by atoms with Crippen LogP contribution in [-0.2, 0) is 26.2 Å². The molecule has 192 valence electrons. The summed E-state index contributed by atoms with van der Waals surface area (Å²) < 4.78 is 26.8. The van der Waals surface area contributed by atoms with Gasteiger partial charge in [0.2, 0.25) is 21.8 Å². The molecule has 0 aliphatic carbocycles. The molecule has 0 aliphatic heterocycles. The second-order valence-corrected chi connectivity index (χ2v) is 12.3. The van der Waals surface area contributed by atoms with Gasteiger partial charge in [-0.2, -0.15) is 0 Å². The Morgan fingerprint density at radius 3 is 2.17 bits per heavy atom. The summed E-state index contributed by atoms with van der Waals surface area (Å²) in [5, 5.41) is 2.93. The summed E-state index contributed by atoms with van der Waals surface area (Å²) in [5.41, 5.74) is 2.72. The fraction of sp³-hybridized carbons (Fsp3) is 0.481. The van der Waals surface area contributed by atoms with Crippen LogP contribution < -0.4 is 9.62 Å². The maximum absolute atomic E-state index is 13.7. The van der Waals surface area contributed by atoms with Crippen molar-refractivity contribution in [3.05, 3.63) is 65.2 Å². The van der Waals surface area contributed by atoms with E-state index in [0.717, 1.165) is 27.3 Å². The molecule has 2 aromatic carbocycles. The van der Waals surface area contributed by atoms with Crippen LogP contribution in [0.25, 0.3) is 0 Å². The van der Waals surface area contributed by atoms with Gasteiger partial charge in [-0.3, -0.25) is 13.9 Å². The van der Waals surface area contributed by atoms with Gasteiger partial charge in [0, 0.05) is 12.1 Å². The highest BCUT2D eigenvalue weighted by atomic mass is 32.2. The number of nitrogens with zero attached hydrogens (tertiary/aromatic N) is 2. The second-order valence-electron chi connectivity index (χ2n) is 10.4. The summed E-state index contributed by atoms with van der Waals surface area (Å²) in [6, 6.07) is 14.1. The fourth-order valence-corrected chi connectivity index (χ4v) is 4.73. The number of rotatable bonds is 9. The third-order valence-corrected chi connectivity index (χ3v) is 6.73. The van der Waals surface area contributed by atoms with Crippen LogP contribution in [0.15, 0.2) is 48.5 Å². The molecule has 0 aliphatic rings.